The van der Waals surface area contributed by atoms with E-state index in [1.165, 1.54) is 0 Å². The number of amides is 1. The molecular weight excluding hydrogens is 224 g/mol. The van der Waals surface area contributed by atoms with Gasteiger partial charge in [0.05, 0.1) is 0 Å². The lowest BCUT2D eigenvalue weighted by Crippen LogP contribution is -2.26. The third-order valence-electron chi connectivity index (χ3n) is 2.17. The standard InChI is InChI=1S/C12H11ClN2O/c13-10-4-1-9(2-5-10)3-6-12(16)15-8-11-7-14-11/h1-2,4-5,11,14H,7-8H2,(H,15,16). The minimum Gasteiger partial charge on any atom is -0.344 e. The van der Waals surface area contributed by atoms with Crippen LogP contribution in [0.25, 0.3) is 0 Å². The van der Waals surface area contributed by atoms with Crippen molar-refractivity contribution in [3.63, 3.8) is 0 Å². The van der Waals surface area contributed by atoms with Crippen LogP contribution in [0.2, 0.25) is 5.02 Å². The molecular formula is C12H11ClN2O. The number of benzene rings is 1. The fraction of sp³-hybridized carbons (Fsp3) is 0.250. The van der Waals surface area contributed by atoms with Gasteiger partial charge in [-0.15, -0.1) is 0 Å². The Morgan fingerprint density at radius 3 is 2.81 bits per heavy atom. The van der Waals surface area contributed by atoms with Crippen LogP contribution in [0.4, 0.5) is 0 Å². The van der Waals surface area contributed by atoms with E-state index >= 15 is 0 Å². The van der Waals surface area contributed by atoms with Crippen LogP contribution in [-0.4, -0.2) is 25.0 Å². The Labute approximate surface area is 99.2 Å². The first kappa shape index (κ1) is 11.0. The van der Waals surface area contributed by atoms with E-state index in [0.29, 0.717) is 17.6 Å². The first-order valence-corrected chi connectivity index (χ1v) is 5.40. The highest BCUT2D eigenvalue weighted by molar-refractivity contribution is 6.30. The second-order valence-electron chi connectivity index (χ2n) is 3.57. The molecule has 82 valence electrons. The predicted molar refractivity (Wildman–Crippen MR) is 63.1 cm³/mol. The zero-order valence-electron chi connectivity index (χ0n) is 8.59. The average molecular weight is 235 g/mol. The van der Waals surface area contributed by atoms with Gasteiger partial charge in [-0.1, -0.05) is 17.5 Å². The Balaban J connectivity index is 1.87. The smallest absolute Gasteiger partial charge is 0.296 e. The molecule has 4 heteroatoms. The molecule has 16 heavy (non-hydrogen) atoms. The fourth-order valence-electron chi connectivity index (χ4n) is 1.15. The van der Waals surface area contributed by atoms with E-state index in [-0.39, 0.29) is 5.91 Å². The van der Waals surface area contributed by atoms with Crippen molar-refractivity contribution in [2.45, 2.75) is 6.04 Å². The first-order valence-electron chi connectivity index (χ1n) is 5.03. The van der Waals surface area contributed by atoms with Crippen LogP contribution in [0.1, 0.15) is 5.56 Å². The van der Waals surface area contributed by atoms with E-state index in [2.05, 4.69) is 22.5 Å². The number of hydrogen-bond acceptors (Lipinski definition) is 2. The molecule has 1 heterocycles. The lowest BCUT2D eigenvalue weighted by molar-refractivity contribution is -0.115. The van der Waals surface area contributed by atoms with Gasteiger partial charge in [0, 0.05) is 35.6 Å². The van der Waals surface area contributed by atoms with Crippen molar-refractivity contribution in [3.8, 4) is 11.8 Å². The third kappa shape index (κ3) is 3.58. The van der Waals surface area contributed by atoms with Crippen LogP contribution in [0, 0.1) is 11.8 Å². The van der Waals surface area contributed by atoms with Crippen LogP contribution >= 0.6 is 11.6 Å². The normalized spacial score (nSPS) is 17.2. The van der Waals surface area contributed by atoms with Gasteiger partial charge in [-0.05, 0) is 24.3 Å². The van der Waals surface area contributed by atoms with E-state index in [1.807, 2.05) is 0 Å². The molecule has 1 fully saturated rings. The van der Waals surface area contributed by atoms with Crippen molar-refractivity contribution in [2.75, 3.05) is 13.1 Å². The number of hydrogen-bond donors (Lipinski definition) is 2. The number of halogens is 1. The summed E-state index contributed by atoms with van der Waals surface area (Å²) in [6.07, 6.45) is 0. The molecule has 1 saturated heterocycles. The van der Waals surface area contributed by atoms with Crippen molar-refractivity contribution < 1.29 is 4.79 Å². The van der Waals surface area contributed by atoms with Gasteiger partial charge in [0.25, 0.3) is 5.91 Å². The van der Waals surface area contributed by atoms with Crippen molar-refractivity contribution in [3.05, 3.63) is 34.9 Å². The molecule has 3 nitrogen and oxygen atoms in total. The summed E-state index contributed by atoms with van der Waals surface area (Å²) in [6.45, 7) is 1.62. The number of nitrogens with one attached hydrogen (secondary N) is 2. The monoisotopic (exact) mass is 234 g/mol. The van der Waals surface area contributed by atoms with E-state index < -0.39 is 0 Å². The number of carbonyl (C=O) groups is 1. The minimum absolute atomic E-state index is 0.247. The molecule has 0 radical (unpaired) electrons. The van der Waals surface area contributed by atoms with Gasteiger partial charge in [0.1, 0.15) is 0 Å². The average Bonchev–Trinajstić information content (AvgIpc) is 3.09. The molecule has 0 aliphatic carbocycles. The summed E-state index contributed by atoms with van der Waals surface area (Å²) in [7, 11) is 0. The summed E-state index contributed by atoms with van der Waals surface area (Å²) in [5, 5.41) is 6.48. The van der Waals surface area contributed by atoms with Gasteiger partial charge in [0.2, 0.25) is 0 Å². The largest absolute Gasteiger partial charge is 0.344 e. The van der Waals surface area contributed by atoms with Gasteiger partial charge < -0.3 is 10.6 Å². The molecule has 1 aliphatic heterocycles. The molecule has 2 N–H and O–H groups in total. The van der Waals surface area contributed by atoms with Crippen molar-refractivity contribution in [1.29, 1.82) is 0 Å². The maximum Gasteiger partial charge on any atom is 0.296 e. The second kappa shape index (κ2) is 5.02. The molecule has 1 aromatic rings. The molecule has 1 aliphatic rings. The SMILES string of the molecule is O=C(C#Cc1ccc(Cl)cc1)NCC1CN1. The third-order valence-corrected chi connectivity index (χ3v) is 2.42. The number of carbonyl (C=O) groups excluding carboxylic acids is 1. The van der Waals surface area contributed by atoms with Gasteiger partial charge in [-0.3, -0.25) is 4.79 Å². The zero-order chi connectivity index (χ0) is 11.4. The highest BCUT2D eigenvalue weighted by Gasteiger charge is 2.19. The van der Waals surface area contributed by atoms with Crippen molar-refractivity contribution in [1.82, 2.24) is 10.6 Å². The van der Waals surface area contributed by atoms with Gasteiger partial charge in [0.15, 0.2) is 0 Å². The molecule has 0 bridgehead atoms. The predicted octanol–water partition coefficient (Wildman–Crippen LogP) is 0.779. The summed E-state index contributed by atoms with van der Waals surface area (Å²) in [6, 6.07) is 7.49. The topological polar surface area (TPSA) is 51.0 Å². The lowest BCUT2D eigenvalue weighted by Gasteiger charge is -1.95. The van der Waals surface area contributed by atoms with Crippen LogP contribution in [0.5, 0.6) is 0 Å². The van der Waals surface area contributed by atoms with Crippen LogP contribution in [0.3, 0.4) is 0 Å². The van der Waals surface area contributed by atoms with Gasteiger partial charge in [-0.2, -0.15) is 0 Å². The van der Waals surface area contributed by atoms with Gasteiger partial charge in [-0.25, -0.2) is 0 Å². The molecule has 0 aromatic heterocycles. The van der Waals surface area contributed by atoms with E-state index in [4.69, 9.17) is 11.6 Å². The molecule has 0 spiro atoms. The molecule has 2 rings (SSSR count). The zero-order valence-corrected chi connectivity index (χ0v) is 9.34. The van der Waals surface area contributed by atoms with E-state index in [1.54, 1.807) is 24.3 Å². The summed E-state index contributed by atoms with van der Waals surface area (Å²) in [4.78, 5) is 11.3. The lowest BCUT2D eigenvalue weighted by atomic mass is 10.2. The molecule has 1 aromatic carbocycles. The second-order valence-corrected chi connectivity index (χ2v) is 4.01. The van der Waals surface area contributed by atoms with Crippen molar-refractivity contribution in [2.24, 2.45) is 0 Å². The molecule has 1 atom stereocenters. The van der Waals surface area contributed by atoms with Crippen LogP contribution in [-0.2, 0) is 4.79 Å². The minimum atomic E-state index is -0.247. The highest BCUT2D eigenvalue weighted by atomic mass is 35.5. The Kier molecular flexibility index (Phi) is 3.45. The Bertz CT molecular complexity index is 440. The molecule has 1 unspecified atom stereocenters. The molecule has 1 amide bonds. The summed E-state index contributed by atoms with van der Waals surface area (Å²) < 4.78 is 0. The Morgan fingerprint density at radius 2 is 2.19 bits per heavy atom. The quantitative estimate of drug-likeness (QED) is 0.587. The fourth-order valence-corrected chi connectivity index (χ4v) is 1.28. The van der Waals surface area contributed by atoms with E-state index in [9.17, 15) is 4.79 Å². The Hall–Kier alpha value is -1.50. The van der Waals surface area contributed by atoms with Crippen molar-refractivity contribution >= 4 is 17.5 Å². The number of rotatable bonds is 2. The summed E-state index contributed by atoms with van der Waals surface area (Å²) in [5.41, 5.74) is 0.782. The molecule has 0 saturated carbocycles. The maximum absolute atomic E-state index is 11.3. The first-order chi connectivity index (χ1) is 7.74. The highest BCUT2D eigenvalue weighted by Crippen LogP contribution is 2.08. The summed E-state index contributed by atoms with van der Waals surface area (Å²) in [5.74, 6) is 5.06. The van der Waals surface area contributed by atoms with E-state index in [0.717, 1.165) is 12.1 Å². The van der Waals surface area contributed by atoms with Crippen LogP contribution < -0.4 is 10.6 Å². The van der Waals surface area contributed by atoms with Gasteiger partial charge >= 0.3 is 0 Å². The maximum atomic E-state index is 11.3. The summed E-state index contributed by atoms with van der Waals surface area (Å²) >= 11 is 5.73. The Morgan fingerprint density at radius 1 is 1.50 bits per heavy atom. The van der Waals surface area contributed by atoms with Crippen LogP contribution in [0.15, 0.2) is 24.3 Å².